The van der Waals surface area contributed by atoms with E-state index in [4.69, 9.17) is 0 Å². The fraction of sp³-hybridized carbons (Fsp3) is 0.222. The maximum absolute atomic E-state index is 3.00. The van der Waals surface area contributed by atoms with E-state index in [9.17, 15) is 0 Å². The highest BCUT2D eigenvalue weighted by Crippen LogP contribution is 2.19. The Kier molecular flexibility index (Phi) is 9.51. The Hall–Kier alpha value is -1.82. The zero-order chi connectivity index (χ0) is 12.0. The third-order valence-electron chi connectivity index (χ3n) is 2.44. The van der Waals surface area contributed by atoms with Crippen LogP contribution in [0.4, 0.5) is 0 Å². The van der Waals surface area contributed by atoms with Gasteiger partial charge in [-0.15, -0.1) is 13.2 Å². The van der Waals surface area contributed by atoms with Crippen molar-refractivity contribution in [3.05, 3.63) is 72.8 Å². The molecule has 0 aliphatic rings. The predicted octanol–water partition coefficient (Wildman–Crippen LogP) is 6.04. The first-order valence-corrected chi connectivity index (χ1v) is 5.39. The van der Waals surface area contributed by atoms with Crippen molar-refractivity contribution >= 4 is 0 Å². The van der Waals surface area contributed by atoms with Crippen LogP contribution >= 0.6 is 0 Å². The van der Waals surface area contributed by atoms with Gasteiger partial charge in [-0.2, -0.15) is 0 Å². The molecule has 0 fully saturated rings. The molecule has 0 heteroatoms. The van der Waals surface area contributed by atoms with Crippen molar-refractivity contribution in [3.8, 4) is 11.1 Å². The second-order valence-electron chi connectivity index (χ2n) is 3.73. The highest BCUT2D eigenvalue weighted by molar-refractivity contribution is 5.63. The third kappa shape index (κ3) is 5.01. The first-order chi connectivity index (χ1) is 7.75. The van der Waals surface area contributed by atoms with Gasteiger partial charge in [0.15, 0.2) is 0 Å². The van der Waals surface area contributed by atoms with Crippen LogP contribution < -0.4 is 0 Å². The summed E-state index contributed by atoms with van der Waals surface area (Å²) in [5.41, 5.74) is 5.19. The molecule has 2 aromatic rings. The predicted molar refractivity (Wildman–Crippen MR) is 86.1 cm³/mol. The topological polar surface area (TPSA) is 0 Å². The van der Waals surface area contributed by atoms with Gasteiger partial charge in [-0.1, -0.05) is 74.5 Å². The van der Waals surface area contributed by atoms with Crippen LogP contribution in [0.15, 0.2) is 61.7 Å². The maximum atomic E-state index is 3.00. The first kappa shape index (κ1) is 18.5. The minimum Gasteiger partial charge on any atom is -0.106 e. The number of hydrogen-bond acceptors (Lipinski definition) is 0. The van der Waals surface area contributed by atoms with Gasteiger partial charge >= 0.3 is 0 Å². The molecule has 98 valence electrons. The molecule has 2 rings (SSSR count). The first-order valence-electron chi connectivity index (χ1n) is 5.39. The summed E-state index contributed by atoms with van der Waals surface area (Å²) in [6.45, 7) is 10.2. The quantitative estimate of drug-likeness (QED) is 0.534. The van der Waals surface area contributed by atoms with Gasteiger partial charge in [0.1, 0.15) is 0 Å². The highest BCUT2D eigenvalue weighted by atomic mass is 14.0. The van der Waals surface area contributed by atoms with Gasteiger partial charge in [-0.25, -0.2) is 0 Å². The van der Waals surface area contributed by atoms with Crippen LogP contribution in [-0.4, -0.2) is 0 Å². The Balaban J connectivity index is 0. The molecule has 0 heterocycles. The average molecular weight is 242 g/mol. The Labute approximate surface area is 113 Å². The van der Waals surface area contributed by atoms with Gasteiger partial charge in [-0.05, 0) is 25.0 Å². The highest BCUT2D eigenvalue weighted by Gasteiger charge is 1.95. The summed E-state index contributed by atoms with van der Waals surface area (Å²) in [7, 11) is 0. The van der Waals surface area contributed by atoms with E-state index < -0.39 is 0 Å². The van der Waals surface area contributed by atoms with Crippen LogP contribution in [0.2, 0.25) is 0 Å². The zero-order valence-electron chi connectivity index (χ0n) is 10.0. The Morgan fingerprint density at radius 2 is 0.778 bits per heavy atom. The Bertz CT molecular complexity index is 377. The minimum atomic E-state index is 0. The molecule has 0 spiro atoms. The van der Waals surface area contributed by atoms with E-state index >= 15 is 0 Å². The molecule has 0 aliphatic carbocycles. The molecular formula is C18H26. The SMILES string of the molecule is C.C.C=C.Cc1ccc(-c2ccc(C)cc2)cc1. The smallest absolute Gasteiger partial charge is 0.0184 e. The van der Waals surface area contributed by atoms with Gasteiger partial charge in [0, 0.05) is 0 Å². The number of hydrogen-bond donors (Lipinski definition) is 0. The lowest BCUT2D eigenvalue weighted by Crippen LogP contribution is -1.78. The molecule has 0 bridgehead atoms. The number of benzene rings is 2. The lowest BCUT2D eigenvalue weighted by molar-refractivity contribution is 1.45. The van der Waals surface area contributed by atoms with Gasteiger partial charge in [0.2, 0.25) is 0 Å². The van der Waals surface area contributed by atoms with Crippen LogP contribution in [0, 0.1) is 13.8 Å². The van der Waals surface area contributed by atoms with E-state index in [2.05, 4.69) is 75.5 Å². The fourth-order valence-corrected chi connectivity index (χ4v) is 1.49. The maximum Gasteiger partial charge on any atom is -0.0184 e. The summed E-state index contributed by atoms with van der Waals surface area (Å²) in [5.74, 6) is 0. The van der Waals surface area contributed by atoms with Gasteiger partial charge < -0.3 is 0 Å². The summed E-state index contributed by atoms with van der Waals surface area (Å²) < 4.78 is 0. The molecule has 0 radical (unpaired) electrons. The zero-order valence-corrected chi connectivity index (χ0v) is 10.0. The van der Waals surface area contributed by atoms with Crippen molar-refractivity contribution in [1.82, 2.24) is 0 Å². The van der Waals surface area contributed by atoms with E-state index in [1.807, 2.05) is 0 Å². The van der Waals surface area contributed by atoms with Gasteiger partial charge in [0.25, 0.3) is 0 Å². The van der Waals surface area contributed by atoms with Crippen molar-refractivity contribution < 1.29 is 0 Å². The van der Waals surface area contributed by atoms with E-state index in [0.717, 1.165) is 0 Å². The molecule has 0 amide bonds. The van der Waals surface area contributed by atoms with Gasteiger partial charge in [-0.3, -0.25) is 0 Å². The molecule has 18 heavy (non-hydrogen) atoms. The second kappa shape index (κ2) is 9.23. The van der Waals surface area contributed by atoms with E-state index in [1.54, 1.807) is 0 Å². The van der Waals surface area contributed by atoms with Crippen molar-refractivity contribution in [2.24, 2.45) is 0 Å². The fourth-order valence-electron chi connectivity index (χ4n) is 1.49. The lowest BCUT2D eigenvalue weighted by atomic mass is 10.0. The van der Waals surface area contributed by atoms with Gasteiger partial charge in [0.05, 0.1) is 0 Å². The van der Waals surface area contributed by atoms with Crippen LogP contribution in [0.5, 0.6) is 0 Å². The van der Waals surface area contributed by atoms with Crippen molar-refractivity contribution in [2.75, 3.05) is 0 Å². The van der Waals surface area contributed by atoms with Crippen molar-refractivity contribution in [1.29, 1.82) is 0 Å². The van der Waals surface area contributed by atoms with Crippen LogP contribution in [0.25, 0.3) is 11.1 Å². The minimum absolute atomic E-state index is 0. The summed E-state index contributed by atoms with van der Waals surface area (Å²) in [6, 6.07) is 17.3. The molecule has 2 aromatic carbocycles. The summed E-state index contributed by atoms with van der Waals surface area (Å²) in [5, 5.41) is 0. The summed E-state index contributed by atoms with van der Waals surface area (Å²) in [4.78, 5) is 0. The standard InChI is InChI=1S/C14H14.C2H4.2CH4/c1-11-3-7-13(8-4-11)14-9-5-12(2)6-10-14;1-2;;/h3-10H,1-2H3;1-2H2;2*1H4. The van der Waals surface area contributed by atoms with E-state index in [0.29, 0.717) is 0 Å². The van der Waals surface area contributed by atoms with Crippen molar-refractivity contribution in [2.45, 2.75) is 28.7 Å². The molecule has 0 saturated carbocycles. The van der Waals surface area contributed by atoms with E-state index in [-0.39, 0.29) is 14.9 Å². The average Bonchev–Trinajstić information content (AvgIpc) is 2.34. The number of rotatable bonds is 1. The normalized spacial score (nSPS) is 8.11. The molecule has 0 aromatic heterocycles. The molecule has 0 saturated heterocycles. The second-order valence-corrected chi connectivity index (χ2v) is 3.73. The summed E-state index contributed by atoms with van der Waals surface area (Å²) in [6.07, 6.45) is 0. The third-order valence-corrected chi connectivity index (χ3v) is 2.44. The lowest BCUT2D eigenvalue weighted by Gasteiger charge is -2.02. The van der Waals surface area contributed by atoms with Crippen molar-refractivity contribution in [3.63, 3.8) is 0 Å². The molecular weight excluding hydrogens is 216 g/mol. The van der Waals surface area contributed by atoms with Crippen LogP contribution in [-0.2, 0) is 0 Å². The molecule has 0 N–H and O–H groups in total. The van der Waals surface area contributed by atoms with Crippen LogP contribution in [0.1, 0.15) is 26.0 Å². The van der Waals surface area contributed by atoms with E-state index in [1.165, 1.54) is 22.3 Å². The summed E-state index contributed by atoms with van der Waals surface area (Å²) >= 11 is 0. The molecule has 0 aliphatic heterocycles. The van der Waals surface area contributed by atoms with Crippen LogP contribution in [0.3, 0.4) is 0 Å². The monoisotopic (exact) mass is 242 g/mol. The Morgan fingerprint density at radius 3 is 1.00 bits per heavy atom. The molecule has 0 nitrogen and oxygen atoms in total. The molecule has 0 unspecified atom stereocenters. The molecule has 0 atom stereocenters. The number of aryl methyl sites for hydroxylation is 2. The largest absolute Gasteiger partial charge is 0.106 e. The Morgan fingerprint density at radius 1 is 0.556 bits per heavy atom.